The third-order valence-corrected chi connectivity index (χ3v) is 6.45. The maximum atomic E-state index is 12.6. The lowest BCUT2D eigenvalue weighted by atomic mass is 10.2. The van der Waals surface area contributed by atoms with E-state index in [1.807, 2.05) is 0 Å². The minimum absolute atomic E-state index is 0.0209. The van der Waals surface area contributed by atoms with Crippen LogP contribution in [0.3, 0.4) is 0 Å². The van der Waals surface area contributed by atoms with Crippen molar-refractivity contribution in [2.45, 2.75) is 37.3 Å². The van der Waals surface area contributed by atoms with Crippen molar-refractivity contribution in [2.75, 3.05) is 26.2 Å². The van der Waals surface area contributed by atoms with Crippen LogP contribution < -0.4 is 0 Å². The van der Waals surface area contributed by atoms with E-state index in [1.165, 1.54) is 19.1 Å². The molecule has 1 aromatic carbocycles. The van der Waals surface area contributed by atoms with Crippen molar-refractivity contribution < 1.29 is 18.0 Å². The van der Waals surface area contributed by atoms with Gasteiger partial charge in [0.2, 0.25) is 5.91 Å². The molecule has 2 amide bonds. The highest BCUT2D eigenvalue weighted by Gasteiger charge is 2.23. The van der Waals surface area contributed by atoms with Gasteiger partial charge in [-0.3, -0.25) is 9.59 Å². The van der Waals surface area contributed by atoms with Crippen LogP contribution >= 0.6 is 0 Å². The van der Waals surface area contributed by atoms with Gasteiger partial charge in [-0.1, -0.05) is 0 Å². The molecule has 1 aliphatic heterocycles. The molecule has 1 fully saturated rings. The first-order chi connectivity index (χ1) is 11.2. The summed E-state index contributed by atoms with van der Waals surface area (Å²) in [6.07, 6.45) is 0.741. The number of carbonyl (C=O) groups is 2. The Morgan fingerprint density at radius 2 is 1.50 bits per heavy atom. The topological polar surface area (TPSA) is 74.8 Å². The minimum atomic E-state index is -3.34. The Hall–Kier alpha value is -1.89. The summed E-state index contributed by atoms with van der Waals surface area (Å²) in [6.45, 7) is 7.06. The molecule has 24 heavy (non-hydrogen) atoms. The summed E-state index contributed by atoms with van der Waals surface area (Å²) in [5.74, 6) is -0.110. The molecule has 0 atom stereocenters. The maximum absolute atomic E-state index is 12.6. The van der Waals surface area contributed by atoms with E-state index >= 15 is 0 Å². The molecule has 0 aliphatic carbocycles. The van der Waals surface area contributed by atoms with Crippen molar-refractivity contribution in [1.29, 1.82) is 0 Å². The Labute approximate surface area is 143 Å². The lowest BCUT2D eigenvalue weighted by Gasteiger charge is -2.21. The number of rotatable bonds is 3. The number of hydrogen-bond acceptors (Lipinski definition) is 4. The average molecular weight is 352 g/mol. The first-order valence-corrected chi connectivity index (χ1v) is 9.67. The van der Waals surface area contributed by atoms with Crippen LogP contribution in [-0.4, -0.2) is 61.5 Å². The van der Waals surface area contributed by atoms with Gasteiger partial charge in [0.1, 0.15) is 0 Å². The second kappa shape index (κ2) is 7.34. The molecule has 0 N–H and O–H groups in total. The highest BCUT2D eigenvalue weighted by atomic mass is 32.2. The molecule has 0 spiro atoms. The average Bonchev–Trinajstić information content (AvgIpc) is 2.80. The Morgan fingerprint density at radius 3 is 2.04 bits per heavy atom. The maximum Gasteiger partial charge on any atom is 0.253 e. The largest absolute Gasteiger partial charge is 0.341 e. The van der Waals surface area contributed by atoms with E-state index in [1.54, 1.807) is 35.8 Å². The number of sulfone groups is 1. The van der Waals surface area contributed by atoms with Crippen LogP contribution in [-0.2, 0) is 14.6 Å². The molecule has 7 heteroatoms. The van der Waals surface area contributed by atoms with Gasteiger partial charge in [-0.25, -0.2) is 8.42 Å². The summed E-state index contributed by atoms with van der Waals surface area (Å²) in [5, 5.41) is -0.498. The van der Waals surface area contributed by atoms with Gasteiger partial charge in [-0.15, -0.1) is 0 Å². The third kappa shape index (κ3) is 3.95. The molecular weight excluding hydrogens is 328 g/mol. The van der Waals surface area contributed by atoms with Crippen LogP contribution in [0.15, 0.2) is 29.2 Å². The van der Waals surface area contributed by atoms with Crippen molar-refractivity contribution in [1.82, 2.24) is 9.80 Å². The molecule has 0 aromatic heterocycles. The number of carbonyl (C=O) groups excluding carboxylic acids is 2. The van der Waals surface area contributed by atoms with Gasteiger partial charge >= 0.3 is 0 Å². The van der Waals surface area contributed by atoms with Gasteiger partial charge in [0.25, 0.3) is 5.91 Å². The van der Waals surface area contributed by atoms with Crippen LogP contribution in [0.5, 0.6) is 0 Å². The minimum Gasteiger partial charge on any atom is -0.341 e. The molecule has 0 radical (unpaired) electrons. The van der Waals surface area contributed by atoms with Crippen molar-refractivity contribution in [3.63, 3.8) is 0 Å². The molecule has 1 heterocycles. The molecule has 1 saturated heterocycles. The summed E-state index contributed by atoms with van der Waals surface area (Å²) >= 11 is 0. The zero-order chi connectivity index (χ0) is 17.9. The summed E-state index contributed by atoms with van der Waals surface area (Å²) in [5.41, 5.74) is 0.467. The molecule has 2 rings (SSSR count). The number of amides is 2. The third-order valence-electron chi connectivity index (χ3n) is 4.28. The molecule has 0 unspecified atom stereocenters. The summed E-state index contributed by atoms with van der Waals surface area (Å²) in [7, 11) is -3.34. The molecule has 1 aliphatic rings. The lowest BCUT2D eigenvalue weighted by molar-refractivity contribution is -0.128. The van der Waals surface area contributed by atoms with Crippen molar-refractivity contribution in [3.05, 3.63) is 29.8 Å². The van der Waals surface area contributed by atoms with E-state index in [0.29, 0.717) is 31.7 Å². The molecule has 132 valence electrons. The Bertz CT molecular complexity index is 711. The van der Waals surface area contributed by atoms with Crippen molar-refractivity contribution in [3.8, 4) is 0 Å². The van der Waals surface area contributed by atoms with Crippen LogP contribution in [0.2, 0.25) is 0 Å². The number of benzene rings is 1. The highest BCUT2D eigenvalue weighted by Crippen LogP contribution is 2.18. The standard InChI is InChI=1S/C17H24N2O4S/c1-13(2)24(22,23)16-7-5-15(6-8-16)17(21)19-10-4-9-18(11-12-19)14(3)20/h5-8,13H,4,9-12H2,1-3H3. The monoisotopic (exact) mass is 352 g/mol. The molecule has 6 nitrogen and oxygen atoms in total. The highest BCUT2D eigenvalue weighted by molar-refractivity contribution is 7.92. The fraction of sp³-hybridized carbons (Fsp3) is 0.529. The number of nitrogens with zero attached hydrogens (tertiary/aromatic N) is 2. The van der Waals surface area contributed by atoms with Gasteiger partial charge in [-0.2, -0.15) is 0 Å². The quantitative estimate of drug-likeness (QED) is 0.827. The van der Waals surface area contributed by atoms with Crippen molar-refractivity contribution >= 4 is 21.7 Å². The Morgan fingerprint density at radius 1 is 0.958 bits per heavy atom. The first-order valence-electron chi connectivity index (χ1n) is 8.12. The van der Waals surface area contributed by atoms with Gasteiger partial charge in [0.05, 0.1) is 10.1 Å². The molecule has 0 saturated carbocycles. The smallest absolute Gasteiger partial charge is 0.253 e. The van der Waals surface area contributed by atoms with E-state index in [2.05, 4.69) is 0 Å². The van der Waals surface area contributed by atoms with E-state index < -0.39 is 15.1 Å². The van der Waals surface area contributed by atoms with Crippen molar-refractivity contribution in [2.24, 2.45) is 0 Å². The van der Waals surface area contributed by atoms with Crippen LogP contribution in [0.25, 0.3) is 0 Å². The lowest BCUT2D eigenvalue weighted by Crippen LogP contribution is -2.36. The fourth-order valence-electron chi connectivity index (χ4n) is 2.68. The van der Waals surface area contributed by atoms with Crippen LogP contribution in [0.4, 0.5) is 0 Å². The SMILES string of the molecule is CC(=O)N1CCCN(C(=O)c2ccc(S(=O)(=O)C(C)C)cc2)CC1. The van der Waals surface area contributed by atoms with E-state index in [9.17, 15) is 18.0 Å². The van der Waals surface area contributed by atoms with Crippen LogP contribution in [0, 0.1) is 0 Å². The molecular formula is C17H24N2O4S. The van der Waals surface area contributed by atoms with E-state index in [0.717, 1.165) is 6.42 Å². The summed E-state index contributed by atoms with van der Waals surface area (Å²) in [6, 6.07) is 6.10. The van der Waals surface area contributed by atoms with Gasteiger partial charge in [0.15, 0.2) is 9.84 Å². The second-order valence-corrected chi connectivity index (χ2v) is 8.77. The summed E-state index contributed by atoms with van der Waals surface area (Å²) < 4.78 is 24.3. The number of hydrogen-bond donors (Lipinski definition) is 0. The normalized spacial score (nSPS) is 16.2. The second-order valence-electron chi connectivity index (χ2n) is 6.27. The van der Waals surface area contributed by atoms with E-state index in [4.69, 9.17) is 0 Å². The van der Waals surface area contributed by atoms with Gasteiger partial charge < -0.3 is 9.80 Å². The van der Waals surface area contributed by atoms with Crippen LogP contribution in [0.1, 0.15) is 37.6 Å². The fourth-order valence-corrected chi connectivity index (χ4v) is 3.74. The Kier molecular flexibility index (Phi) is 5.64. The molecule has 0 bridgehead atoms. The summed E-state index contributed by atoms with van der Waals surface area (Å²) in [4.78, 5) is 27.7. The predicted octanol–water partition coefficient (Wildman–Crippen LogP) is 1.56. The van der Waals surface area contributed by atoms with Gasteiger partial charge in [0, 0.05) is 38.7 Å². The van der Waals surface area contributed by atoms with Gasteiger partial charge in [-0.05, 0) is 44.5 Å². The zero-order valence-corrected chi connectivity index (χ0v) is 15.2. The van der Waals surface area contributed by atoms with E-state index in [-0.39, 0.29) is 16.7 Å². The first kappa shape index (κ1) is 18.4. The molecule has 1 aromatic rings. The zero-order valence-electron chi connectivity index (χ0n) is 14.4. The Balaban J connectivity index is 2.12. The predicted molar refractivity (Wildman–Crippen MR) is 91.5 cm³/mol.